The molecule has 4 rings (SSSR count). The highest BCUT2D eigenvalue weighted by Gasteiger charge is 2.31. The standard InChI is InChI=1S/C28H36N4O4/c1-28(2,3)36-27(34)29-22(18-20-19-30(4)23-11-7-6-10-21(20)23)26(33)32-16-14-31(15-17-32)24-12-8-9-13-25(24)35-5/h6-13,19,22H,14-18H2,1-5H3,(H,29,34). The topological polar surface area (TPSA) is 76.0 Å². The van der Waals surface area contributed by atoms with E-state index < -0.39 is 17.7 Å². The van der Waals surface area contributed by atoms with Crippen LogP contribution in [0, 0.1) is 0 Å². The van der Waals surface area contributed by atoms with Gasteiger partial charge in [0.25, 0.3) is 0 Å². The Morgan fingerprint density at radius 3 is 2.36 bits per heavy atom. The summed E-state index contributed by atoms with van der Waals surface area (Å²) >= 11 is 0. The Morgan fingerprint density at radius 1 is 1.00 bits per heavy atom. The van der Waals surface area contributed by atoms with Crippen molar-refractivity contribution in [2.45, 2.75) is 38.8 Å². The molecule has 1 aliphatic rings. The first-order valence-corrected chi connectivity index (χ1v) is 12.4. The number of hydrogen-bond acceptors (Lipinski definition) is 5. The van der Waals surface area contributed by atoms with Gasteiger partial charge < -0.3 is 29.2 Å². The smallest absolute Gasteiger partial charge is 0.408 e. The van der Waals surface area contributed by atoms with Crippen molar-refractivity contribution < 1.29 is 19.1 Å². The van der Waals surface area contributed by atoms with E-state index in [2.05, 4.69) is 10.2 Å². The number of aromatic nitrogens is 1. The van der Waals surface area contributed by atoms with Gasteiger partial charge in [-0.3, -0.25) is 4.79 Å². The van der Waals surface area contributed by atoms with E-state index in [1.165, 1.54) is 0 Å². The van der Waals surface area contributed by atoms with Crippen LogP contribution in [-0.2, 0) is 23.0 Å². The second-order valence-electron chi connectivity index (χ2n) is 10.2. The molecule has 0 radical (unpaired) electrons. The van der Waals surface area contributed by atoms with Crippen LogP contribution >= 0.6 is 0 Å². The third kappa shape index (κ3) is 5.75. The predicted molar refractivity (Wildman–Crippen MR) is 142 cm³/mol. The van der Waals surface area contributed by atoms with E-state index in [1.807, 2.05) is 92.0 Å². The molecule has 1 fully saturated rings. The molecule has 1 N–H and O–H groups in total. The zero-order chi connectivity index (χ0) is 25.9. The molecular formula is C28H36N4O4. The number of amides is 2. The number of nitrogens with one attached hydrogen (secondary N) is 1. The van der Waals surface area contributed by atoms with E-state index in [9.17, 15) is 9.59 Å². The number of hydrogen-bond donors (Lipinski definition) is 1. The summed E-state index contributed by atoms with van der Waals surface area (Å²) in [5, 5.41) is 3.93. The lowest BCUT2D eigenvalue weighted by molar-refractivity contribution is -0.133. The zero-order valence-corrected chi connectivity index (χ0v) is 21.8. The van der Waals surface area contributed by atoms with Crippen molar-refractivity contribution in [1.29, 1.82) is 0 Å². The average Bonchev–Trinajstić information content (AvgIpc) is 3.17. The van der Waals surface area contributed by atoms with Crippen molar-refractivity contribution >= 4 is 28.6 Å². The van der Waals surface area contributed by atoms with E-state index in [0.29, 0.717) is 32.6 Å². The summed E-state index contributed by atoms with van der Waals surface area (Å²) in [6.07, 6.45) is 1.82. The number of piperazine rings is 1. The van der Waals surface area contributed by atoms with Crippen LogP contribution in [0.25, 0.3) is 10.9 Å². The summed E-state index contributed by atoms with van der Waals surface area (Å²) in [5.41, 5.74) is 2.46. The van der Waals surface area contributed by atoms with Gasteiger partial charge in [-0.05, 0) is 44.5 Å². The first-order valence-electron chi connectivity index (χ1n) is 12.4. The summed E-state index contributed by atoms with van der Waals surface area (Å²) in [4.78, 5) is 30.5. The van der Waals surface area contributed by atoms with Crippen molar-refractivity contribution in [3.8, 4) is 5.75 Å². The van der Waals surface area contributed by atoms with Crippen LogP contribution in [0.15, 0.2) is 54.7 Å². The Labute approximate surface area is 212 Å². The summed E-state index contributed by atoms with van der Waals surface area (Å²) < 4.78 is 13.0. The minimum Gasteiger partial charge on any atom is -0.495 e. The molecule has 1 aliphatic heterocycles. The molecule has 2 heterocycles. The molecule has 8 nitrogen and oxygen atoms in total. The molecule has 2 aromatic carbocycles. The normalized spacial score (nSPS) is 15.0. The number of carbonyl (C=O) groups is 2. The van der Waals surface area contributed by atoms with Crippen molar-refractivity contribution in [1.82, 2.24) is 14.8 Å². The van der Waals surface area contributed by atoms with Gasteiger partial charge in [-0.25, -0.2) is 4.79 Å². The van der Waals surface area contributed by atoms with Gasteiger partial charge in [-0.15, -0.1) is 0 Å². The second kappa shape index (κ2) is 10.5. The molecule has 0 aliphatic carbocycles. The first-order chi connectivity index (χ1) is 17.2. The molecule has 192 valence electrons. The van der Waals surface area contributed by atoms with Crippen LogP contribution in [0.3, 0.4) is 0 Å². The fourth-order valence-electron chi connectivity index (χ4n) is 4.74. The van der Waals surface area contributed by atoms with E-state index >= 15 is 0 Å². The number of benzene rings is 2. The maximum Gasteiger partial charge on any atom is 0.408 e. The van der Waals surface area contributed by atoms with E-state index in [-0.39, 0.29) is 5.91 Å². The largest absolute Gasteiger partial charge is 0.495 e. The monoisotopic (exact) mass is 492 g/mol. The molecule has 0 spiro atoms. The average molecular weight is 493 g/mol. The molecule has 1 unspecified atom stereocenters. The fraction of sp³-hybridized carbons (Fsp3) is 0.429. The highest BCUT2D eigenvalue weighted by atomic mass is 16.6. The highest BCUT2D eigenvalue weighted by Crippen LogP contribution is 2.29. The summed E-state index contributed by atoms with van der Waals surface area (Å²) in [5.74, 6) is 0.714. The number of anilines is 1. The molecule has 1 aromatic heterocycles. The van der Waals surface area contributed by atoms with Gasteiger partial charge in [0.1, 0.15) is 17.4 Å². The van der Waals surface area contributed by atoms with Gasteiger partial charge in [-0.1, -0.05) is 30.3 Å². The van der Waals surface area contributed by atoms with Crippen LogP contribution in [0.1, 0.15) is 26.3 Å². The number of para-hydroxylation sites is 3. The van der Waals surface area contributed by atoms with Gasteiger partial charge >= 0.3 is 6.09 Å². The minimum atomic E-state index is -0.733. The van der Waals surface area contributed by atoms with Crippen molar-refractivity contribution in [3.05, 3.63) is 60.3 Å². The Morgan fingerprint density at radius 2 is 1.67 bits per heavy atom. The molecule has 2 amide bonds. The maximum atomic E-state index is 13.7. The van der Waals surface area contributed by atoms with Gasteiger partial charge in [0.05, 0.1) is 12.8 Å². The van der Waals surface area contributed by atoms with Gasteiger partial charge in [0, 0.05) is 56.7 Å². The Hall–Kier alpha value is -3.68. The number of methoxy groups -OCH3 is 1. The molecule has 0 bridgehead atoms. The Balaban J connectivity index is 1.52. The number of ether oxygens (including phenoxy) is 2. The van der Waals surface area contributed by atoms with Gasteiger partial charge in [-0.2, -0.15) is 0 Å². The lowest BCUT2D eigenvalue weighted by Crippen LogP contribution is -2.56. The molecule has 1 saturated heterocycles. The van der Waals surface area contributed by atoms with Crippen LogP contribution in [-0.4, -0.2) is 66.4 Å². The number of rotatable bonds is 6. The summed E-state index contributed by atoms with van der Waals surface area (Å²) in [6, 6.07) is 15.3. The molecular weight excluding hydrogens is 456 g/mol. The zero-order valence-electron chi connectivity index (χ0n) is 21.8. The molecule has 3 aromatic rings. The lowest BCUT2D eigenvalue weighted by Gasteiger charge is -2.38. The van der Waals surface area contributed by atoms with E-state index in [1.54, 1.807) is 7.11 Å². The number of aryl methyl sites for hydroxylation is 1. The maximum absolute atomic E-state index is 13.7. The van der Waals surface area contributed by atoms with Crippen LogP contribution in [0.2, 0.25) is 0 Å². The van der Waals surface area contributed by atoms with E-state index in [4.69, 9.17) is 9.47 Å². The van der Waals surface area contributed by atoms with Crippen molar-refractivity contribution in [2.24, 2.45) is 7.05 Å². The Kier molecular flexibility index (Phi) is 7.43. The van der Waals surface area contributed by atoms with Crippen molar-refractivity contribution in [2.75, 3.05) is 38.2 Å². The Bertz CT molecular complexity index is 1220. The third-order valence-electron chi connectivity index (χ3n) is 6.41. The number of alkyl carbamates (subject to hydrolysis) is 1. The fourth-order valence-corrected chi connectivity index (χ4v) is 4.74. The number of carbonyl (C=O) groups excluding carboxylic acids is 2. The van der Waals surface area contributed by atoms with Crippen LogP contribution in [0.4, 0.5) is 10.5 Å². The molecule has 36 heavy (non-hydrogen) atoms. The summed E-state index contributed by atoms with van der Waals surface area (Å²) in [7, 11) is 3.65. The summed E-state index contributed by atoms with van der Waals surface area (Å²) in [6.45, 7) is 7.90. The highest BCUT2D eigenvalue weighted by molar-refractivity contribution is 5.89. The number of nitrogens with zero attached hydrogens (tertiary/aromatic N) is 3. The van der Waals surface area contributed by atoms with Gasteiger partial charge in [0.2, 0.25) is 5.91 Å². The lowest BCUT2D eigenvalue weighted by atomic mass is 10.0. The van der Waals surface area contributed by atoms with E-state index in [0.717, 1.165) is 27.9 Å². The third-order valence-corrected chi connectivity index (χ3v) is 6.41. The van der Waals surface area contributed by atoms with Crippen LogP contribution in [0.5, 0.6) is 5.75 Å². The second-order valence-corrected chi connectivity index (χ2v) is 10.2. The minimum absolute atomic E-state index is 0.103. The molecule has 1 atom stereocenters. The number of fused-ring (bicyclic) bond motifs is 1. The van der Waals surface area contributed by atoms with Crippen LogP contribution < -0.4 is 15.0 Å². The first kappa shape index (κ1) is 25.4. The SMILES string of the molecule is COc1ccccc1N1CCN(C(=O)C(Cc2cn(C)c3ccccc23)NC(=O)OC(C)(C)C)CC1. The molecule has 8 heteroatoms. The van der Waals surface area contributed by atoms with Gasteiger partial charge in [0.15, 0.2) is 0 Å². The van der Waals surface area contributed by atoms with Crippen molar-refractivity contribution in [3.63, 3.8) is 0 Å². The molecule has 0 saturated carbocycles. The predicted octanol–water partition coefficient (Wildman–Crippen LogP) is 3.97. The quantitative estimate of drug-likeness (QED) is 0.564.